The normalized spacial score (nSPS) is 9.76. The molecule has 5 heteroatoms. The summed E-state index contributed by atoms with van der Waals surface area (Å²) in [6.45, 7) is 4.21. The molecule has 1 rings (SSSR count). The van der Waals surface area contributed by atoms with E-state index in [2.05, 4.69) is 10.6 Å². The Bertz CT molecular complexity index is 430. The number of anilines is 1. The molecule has 17 heavy (non-hydrogen) atoms. The minimum Gasteiger partial charge on any atom is -0.398 e. The topological polar surface area (TPSA) is 84.2 Å². The lowest BCUT2D eigenvalue weighted by atomic mass is 10.1. The zero-order valence-electron chi connectivity index (χ0n) is 10.0. The lowest BCUT2D eigenvalue weighted by Gasteiger charge is -2.08. The zero-order valence-corrected chi connectivity index (χ0v) is 10.0. The number of amides is 2. The van der Waals surface area contributed by atoms with E-state index in [1.165, 1.54) is 0 Å². The van der Waals surface area contributed by atoms with Gasteiger partial charge in [-0.05, 0) is 31.5 Å². The van der Waals surface area contributed by atoms with E-state index in [1.807, 2.05) is 13.8 Å². The van der Waals surface area contributed by atoms with Crippen LogP contribution in [0.25, 0.3) is 0 Å². The second-order valence-corrected chi connectivity index (χ2v) is 3.73. The number of rotatable bonds is 4. The number of carbonyl (C=O) groups is 2. The lowest BCUT2D eigenvalue weighted by molar-refractivity contribution is -0.120. The number of benzene rings is 1. The third kappa shape index (κ3) is 3.79. The molecule has 0 heterocycles. The van der Waals surface area contributed by atoms with Gasteiger partial charge in [-0.1, -0.05) is 6.07 Å². The molecule has 0 saturated heterocycles. The number of hydrogen-bond acceptors (Lipinski definition) is 3. The molecule has 0 unspecified atom stereocenters. The zero-order chi connectivity index (χ0) is 12.8. The van der Waals surface area contributed by atoms with E-state index in [0.29, 0.717) is 17.8 Å². The Balaban J connectivity index is 2.61. The number of nitrogen functional groups attached to an aromatic ring is 1. The van der Waals surface area contributed by atoms with Crippen LogP contribution in [0.2, 0.25) is 0 Å². The molecule has 0 saturated carbocycles. The van der Waals surface area contributed by atoms with Gasteiger partial charge >= 0.3 is 0 Å². The van der Waals surface area contributed by atoms with Crippen LogP contribution in [0.5, 0.6) is 0 Å². The maximum Gasteiger partial charge on any atom is 0.253 e. The standard InChI is InChI=1S/C12H17N3O2/c1-3-14-11(16)7-15-12(17)9-5-4-8(2)6-10(9)13/h4-6H,3,7,13H2,1-2H3,(H,14,16)(H,15,17). The highest BCUT2D eigenvalue weighted by Gasteiger charge is 2.10. The smallest absolute Gasteiger partial charge is 0.253 e. The number of nitrogens with two attached hydrogens (primary N) is 1. The van der Waals surface area contributed by atoms with Gasteiger partial charge in [-0.15, -0.1) is 0 Å². The Kier molecular flexibility index (Phi) is 4.51. The van der Waals surface area contributed by atoms with Gasteiger partial charge in [0.05, 0.1) is 12.1 Å². The van der Waals surface area contributed by atoms with Crippen LogP contribution in [-0.2, 0) is 4.79 Å². The summed E-state index contributed by atoms with van der Waals surface area (Å²) in [5, 5.41) is 5.10. The van der Waals surface area contributed by atoms with Gasteiger partial charge in [0, 0.05) is 12.2 Å². The maximum absolute atomic E-state index is 11.7. The summed E-state index contributed by atoms with van der Waals surface area (Å²) in [4.78, 5) is 22.9. The predicted molar refractivity (Wildman–Crippen MR) is 66.6 cm³/mol. The van der Waals surface area contributed by atoms with Crippen LogP contribution in [0.15, 0.2) is 18.2 Å². The van der Waals surface area contributed by atoms with Crippen molar-refractivity contribution in [3.63, 3.8) is 0 Å². The molecule has 0 bridgehead atoms. The van der Waals surface area contributed by atoms with Gasteiger partial charge in [0.2, 0.25) is 5.91 Å². The molecule has 2 amide bonds. The Morgan fingerprint density at radius 3 is 2.59 bits per heavy atom. The fourth-order valence-electron chi connectivity index (χ4n) is 1.40. The van der Waals surface area contributed by atoms with Crippen molar-refractivity contribution >= 4 is 17.5 Å². The van der Waals surface area contributed by atoms with Crippen LogP contribution >= 0.6 is 0 Å². The third-order valence-electron chi connectivity index (χ3n) is 2.24. The van der Waals surface area contributed by atoms with E-state index in [1.54, 1.807) is 18.2 Å². The van der Waals surface area contributed by atoms with Crippen molar-refractivity contribution in [3.8, 4) is 0 Å². The number of likely N-dealkylation sites (N-methyl/N-ethyl adjacent to an activating group) is 1. The van der Waals surface area contributed by atoms with Crippen molar-refractivity contribution in [1.82, 2.24) is 10.6 Å². The Morgan fingerprint density at radius 1 is 1.29 bits per heavy atom. The van der Waals surface area contributed by atoms with Crippen LogP contribution in [0.4, 0.5) is 5.69 Å². The highest BCUT2D eigenvalue weighted by atomic mass is 16.2. The van der Waals surface area contributed by atoms with Gasteiger partial charge in [0.25, 0.3) is 5.91 Å². The summed E-state index contributed by atoms with van der Waals surface area (Å²) >= 11 is 0. The van der Waals surface area contributed by atoms with Gasteiger partial charge in [-0.25, -0.2) is 0 Å². The van der Waals surface area contributed by atoms with Gasteiger partial charge in [-0.3, -0.25) is 9.59 Å². The Morgan fingerprint density at radius 2 is 2.00 bits per heavy atom. The summed E-state index contributed by atoms with van der Waals surface area (Å²) in [7, 11) is 0. The molecule has 0 aliphatic carbocycles. The molecule has 0 aromatic heterocycles. The van der Waals surface area contributed by atoms with Crippen LogP contribution in [0.1, 0.15) is 22.8 Å². The van der Waals surface area contributed by atoms with Crippen molar-refractivity contribution < 1.29 is 9.59 Å². The average molecular weight is 235 g/mol. The van der Waals surface area contributed by atoms with E-state index in [0.717, 1.165) is 5.56 Å². The number of nitrogens with one attached hydrogen (secondary N) is 2. The molecular formula is C12H17N3O2. The highest BCUT2D eigenvalue weighted by molar-refractivity contribution is 6.00. The summed E-state index contributed by atoms with van der Waals surface area (Å²) in [6.07, 6.45) is 0. The van der Waals surface area contributed by atoms with E-state index >= 15 is 0 Å². The van der Waals surface area contributed by atoms with Gasteiger partial charge < -0.3 is 16.4 Å². The molecule has 0 atom stereocenters. The van der Waals surface area contributed by atoms with Crippen molar-refractivity contribution in [2.24, 2.45) is 0 Å². The molecular weight excluding hydrogens is 218 g/mol. The first-order valence-electron chi connectivity index (χ1n) is 5.45. The minimum absolute atomic E-state index is 0.0417. The first-order valence-corrected chi connectivity index (χ1v) is 5.45. The number of carbonyl (C=O) groups excluding carboxylic acids is 2. The first kappa shape index (κ1) is 13.0. The largest absolute Gasteiger partial charge is 0.398 e. The molecule has 1 aromatic carbocycles. The van der Waals surface area contributed by atoms with Gasteiger partial charge in [0.15, 0.2) is 0 Å². The monoisotopic (exact) mass is 235 g/mol. The van der Waals surface area contributed by atoms with Gasteiger partial charge in [0.1, 0.15) is 0 Å². The lowest BCUT2D eigenvalue weighted by Crippen LogP contribution is -2.36. The van der Waals surface area contributed by atoms with E-state index in [-0.39, 0.29) is 18.4 Å². The van der Waals surface area contributed by atoms with E-state index < -0.39 is 0 Å². The summed E-state index contributed by atoms with van der Waals surface area (Å²) in [6, 6.07) is 5.18. The van der Waals surface area contributed by atoms with Crippen molar-refractivity contribution in [2.45, 2.75) is 13.8 Å². The summed E-state index contributed by atoms with van der Waals surface area (Å²) in [5.41, 5.74) is 7.52. The van der Waals surface area contributed by atoms with Crippen LogP contribution < -0.4 is 16.4 Å². The van der Waals surface area contributed by atoms with Crippen molar-refractivity contribution in [3.05, 3.63) is 29.3 Å². The maximum atomic E-state index is 11.7. The Labute approximate surface area is 100 Å². The molecule has 0 spiro atoms. The van der Waals surface area contributed by atoms with E-state index in [9.17, 15) is 9.59 Å². The Hall–Kier alpha value is -2.04. The second kappa shape index (κ2) is 5.89. The number of hydrogen-bond donors (Lipinski definition) is 3. The number of aryl methyl sites for hydroxylation is 1. The van der Waals surface area contributed by atoms with Crippen molar-refractivity contribution in [2.75, 3.05) is 18.8 Å². The average Bonchev–Trinajstić information content (AvgIpc) is 2.26. The molecule has 5 nitrogen and oxygen atoms in total. The van der Waals surface area contributed by atoms with Gasteiger partial charge in [-0.2, -0.15) is 0 Å². The minimum atomic E-state index is -0.339. The second-order valence-electron chi connectivity index (χ2n) is 3.73. The highest BCUT2D eigenvalue weighted by Crippen LogP contribution is 2.13. The molecule has 0 fully saturated rings. The third-order valence-corrected chi connectivity index (χ3v) is 2.24. The van der Waals surface area contributed by atoms with Crippen LogP contribution in [0, 0.1) is 6.92 Å². The van der Waals surface area contributed by atoms with Crippen molar-refractivity contribution in [1.29, 1.82) is 0 Å². The first-order chi connectivity index (χ1) is 8.04. The quantitative estimate of drug-likeness (QED) is 0.662. The molecule has 0 aliphatic rings. The van der Waals surface area contributed by atoms with Crippen LogP contribution in [0.3, 0.4) is 0 Å². The SMILES string of the molecule is CCNC(=O)CNC(=O)c1ccc(C)cc1N. The fraction of sp³-hybridized carbons (Fsp3) is 0.333. The molecule has 92 valence electrons. The summed E-state index contributed by atoms with van der Waals surface area (Å²) < 4.78 is 0. The molecule has 4 N–H and O–H groups in total. The molecule has 0 aliphatic heterocycles. The van der Waals surface area contributed by atoms with Crippen LogP contribution in [-0.4, -0.2) is 24.9 Å². The summed E-state index contributed by atoms with van der Waals surface area (Å²) in [5.74, 6) is -0.555. The van der Waals surface area contributed by atoms with E-state index in [4.69, 9.17) is 5.73 Å². The molecule has 0 radical (unpaired) electrons. The predicted octanol–water partition coefficient (Wildman–Crippen LogP) is 0.443. The molecule has 1 aromatic rings. The fourth-order valence-corrected chi connectivity index (χ4v) is 1.40.